The normalized spacial score (nSPS) is 10.4. The van der Waals surface area contributed by atoms with Crippen LogP contribution in [0, 0.1) is 13.8 Å². The molecule has 0 saturated carbocycles. The molecule has 0 aliphatic carbocycles. The molecule has 0 amide bonds. The Kier molecular flexibility index (Phi) is 4.97. The van der Waals surface area contributed by atoms with Gasteiger partial charge in [0.1, 0.15) is 0 Å². The number of hydrogen-bond donors (Lipinski definition) is 2. The molecule has 9 heteroatoms. The van der Waals surface area contributed by atoms with Gasteiger partial charge in [0.2, 0.25) is 11.9 Å². The molecule has 2 aromatic heterocycles. The van der Waals surface area contributed by atoms with Crippen LogP contribution in [-0.2, 0) is 11.3 Å². The Balaban J connectivity index is 1.70. The number of nitrogen functional groups attached to an aromatic ring is 1. The predicted molar refractivity (Wildman–Crippen MR) is 94.6 cm³/mol. The Morgan fingerprint density at radius 2 is 1.92 bits per heavy atom. The number of nitrogens with one attached hydrogen (secondary N) is 1. The van der Waals surface area contributed by atoms with Gasteiger partial charge >= 0.3 is 5.97 Å². The highest BCUT2D eigenvalue weighted by molar-refractivity contribution is 5.86. The Morgan fingerprint density at radius 1 is 1.12 bits per heavy atom. The van der Waals surface area contributed by atoms with E-state index in [1.807, 2.05) is 31.2 Å². The van der Waals surface area contributed by atoms with Crippen molar-refractivity contribution in [2.24, 2.45) is 0 Å². The maximum absolute atomic E-state index is 12.0. The molecule has 9 nitrogen and oxygen atoms in total. The molecule has 0 bridgehead atoms. The second-order valence-electron chi connectivity index (χ2n) is 5.49. The summed E-state index contributed by atoms with van der Waals surface area (Å²) in [6.45, 7) is 3.57. The van der Waals surface area contributed by atoms with E-state index in [1.165, 1.54) is 12.4 Å². The van der Waals surface area contributed by atoms with E-state index >= 15 is 0 Å². The van der Waals surface area contributed by atoms with Crippen LogP contribution in [-0.4, -0.2) is 30.9 Å². The van der Waals surface area contributed by atoms with Crippen molar-refractivity contribution >= 4 is 23.6 Å². The molecule has 3 aromatic rings. The predicted octanol–water partition coefficient (Wildman–Crippen LogP) is 1.96. The fourth-order valence-electron chi connectivity index (χ4n) is 2.09. The molecule has 0 spiro atoms. The van der Waals surface area contributed by atoms with Crippen LogP contribution in [0.15, 0.2) is 36.7 Å². The molecule has 0 aliphatic rings. The summed E-state index contributed by atoms with van der Waals surface area (Å²) in [5.41, 5.74) is 8.40. The lowest BCUT2D eigenvalue weighted by atomic mass is 10.2. The summed E-state index contributed by atoms with van der Waals surface area (Å²) in [5, 5.41) is 3.07. The molecule has 0 aliphatic heterocycles. The van der Waals surface area contributed by atoms with Crippen LogP contribution >= 0.6 is 0 Å². The van der Waals surface area contributed by atoms with E-state index in [-0.39, 0.29) is 30.0 Å². The fraction of sp³-hybridized carbons (Fsp3) is 0.176. The van der Waals surface area contributed by atoms with Crippen LogP contribution in [0.25, 0.3) is 0 Å². The van der Waals surface area contributed by atoms with Crippen molar-refractivity contribution in [1.29, 1.82) is 0 Å². The van der Waals surface area contributed by atoms with Crippen molar-refractivity contribution in [3.05, 3.63) is 59.4 Å². The molecule has 0 unspecified atom stereocenters. The van der Waals surface area contributed by atoms with Gasteiger partial charge in [0, 0.05) is 11.9 Å². The maximum Gasteiger partial charge on any atom is 0.358 e. The summed E-state index contributed by atoms with van der Waals surface area (Å²) < 4.78 is 5.16. The number of nitrogens with two attached hydrogens (primary N) is 1. The largest absolute Gasteiger partial charge is 0.453 e. The van der Waals surface area contributed by atoms with Crippen LogP contribution in [0.3, 0.4) is 0 Å². The smallest absolute Gasteiger partial charge is 0.358 e. The summed E-state index contributed by atoms with van der Waals surface area (Å²) in [4.78, 5) is 32.2. The zero-order valence-electron chi connectivity index (χ0n) is 14.3. The lowest BCUT2D eigenvalue weighted by Gasteiger charge is -2.09. The number of esters is 1. The minimum absolute atomic E-state index is 0.0252. The second kappa shape index (κ2) is 7.51. The van der Waals surface area contributed by atoms with Gasteiger partial charge in [-0.1, -0.05) is 18.2 Å². The Bertz CT molecular complexity index is 929. The highest BCUT2D eigenvalue weighted by Crippen LogP contribution is 2.17. The SMILES string of the molecule is Cc1cnc(C(=O)OCc2nc(N)nc(Nc3ccccc3C)n2)cn1. The number of carbonyl (C=O) groups is 1. The molecule has 3 N–H and O–H groups in total. The van der Waals surface area contributed by atoms with Crippen LogP contribution in [0.2, 0.25) is 0 Å². The van der Waals surface area contributed by atoms with E-state index < -0.39 is 5.97 Å². The monoisotopic (exact) mass is 351 g/mol. The molecule has 0 fully saturated rings. The van der Waals surface area contributed by atoms with Crippen molar-refractivity contribution in [2.75, 3.05) is 11.1 Å². The van der Waals surface area contributed by atoms with E-state index in [0.717, 1.165) is 11.3 Å². The third kappa shape index (κ3) is 4.26. The number of ether oxygens (including phenoxy) is 1. The summed E-state index contributed by atoms with van der Waals surface area (Å²) >= 11 is 0. The number of benzene rings is 1. The van der Waals surface area contributed by atoms with Crippen LogP contribution in [0.1, 0.15) is 27.6 Å². The second-order valence-corrected chi connectivity index (χ2v) is 5.49. The maximum atomic E-state index is 12.0. The zero-order valence-corrected chi connectivity index (χ0v) is 14.3. The number of aryl methyl sites for hydroxylation is 2. The van der Waals surface area contributed by atoms with Gasteiger partial charge in [-0.3, -0.25) is 4.98 Å². The summed E-state index contributed by atoms with van der Waals surface area (Å²) in [6, 6.07) is 7.68. The first-order valence-corrected chi connectivity index (χ1v) is 7.80. The average molecular weight is 351 g/mol. The van der Waals surface area contributed by atoms with Gasteiger partial charge in [0.05, 0.1) is 11.9 Å². The van der Waals surface area contributed by atoms with E-state index in [4.69, 9.17) is 10.5 Å². The first-order chi connectivity index (χ1) is 12.5. The molecular formula is C17H17N7O2. The first-order valence-electron chi connectivity index (χ1n) is 7.80. The van der Waals surface area contributed by atoms with Gasteiger partial charge < -0.3 is 15.8 Å². The molecule has 1 aromatic carbocycles. The molecule has 0 radical (unpaired) electrons. The molecule has 0 atom stereocenters. The average Bonchev–Trinajstić information content (AvgIpc) is 2.62. The standard InChI is InChI=1S/C17H17N7O2/c1-10-5-3-4-6-12(10)21-17-23-14(22-16(18)24-17)9-26-15(25)13-8-19-11(2)7-20-13/h3-8H,9H2,1-2H3,(H3,18,21,22,23,24). The van der Waals surface area contributed by atoms with Gasteiger partial charge in [0.15, 0.2) is 18.1 Å². The van der Waals surface area contributed by atoms with Crippen molar-refractivity contribution in [3.8, 4) is 0 Å². The van der Waals surface area contributed by atoms with E-state index in [9.17, 15) is 4.79 Å². The lowest BCUT2D eigenvalue weighted by molar-refractivity contribution is 0.0454. The van der Waals surface area contributed by atoms with Crippen LogP contribution in [0.5, 0.6) is 0 Å². The Labute approximate surface area is 149 Å². The minimum atomic E-state index is -0.620. The molecule has 0 saturated heterocycles. The van der Waals surface area contributed by atoms with E-state index in [2.05, 4.69) is 30.2 Å². The van der Waals surface area contributed by atoms with Crippen molar-refractivity contribution in [1.82, 2.24) is 24.9 Å². The molecule has 3 rings (SSSR count). The number of nitrogens with zero attached hydrogens (tertiary/aromatic N) is 5. The Hall–Kier alpha value is -3.62. The lowest BCUT2D eigenvalue weighted by Crippen LogP contribution is -2.12. The number of aromatic nitrogens is 5. The molecular weight excluding hydrogens is 334 g/mol. The number of para-hydroxylation sites is 1. The number of rotatable bonds is 5. The van der Waals surface area contributed by atoms with Gasteiger partial charge in [-0.25, -0.2) is 9.78 Å². The van der Waals surface area contributed by atoms with Crippen LogP contribution < -0.4 is 11.1 Å². The third-order valence-electron chi connectivity index (χ3n) is 3.41. The Morgan fingerprint density at radius 3 is 2.65 bits per heavy atom. The number of anilines is 3. The van der Waals surface area contributed by atoms with Crippen LogP contribution in [0.4, 0.5) is 17.6 Å². The summed E-state index contributed by atoms with van der Waals surface area (Å²) in [6.07, 6.45) is 2.84. The van der Waals surface area contributed by atoms with E-state index in [1.54, 1.807) is 6.92 Å². The molecule has 2 heterocycles. The molecule has 26 heavy (non-hydrogen) atoms. The fourth-order valence-corrected chi connectivity index (χ4v) is 2.09. The quantitative estimate of drug-likeness (QED) is 0.662. The third-order valence-corrected chi connectivity index (χ3v) is 3.41. The van der Waals surface area contributed by atoms with Gasteiger partial charge in [-0.2, -0.15) is 15.0 Å². The molecule has 132 valence electrons. The van der Waals surface area contributed by atoms with Crippen molar-refractivity contribution < 1.29 is 9.53 Å². The van der Waals surface area contributed by atoms with Gasteiger partial charge in [-0.15, -0.1) is 0 Å². The zero-order chi connectivity index (χ0) is 18.5. The van der Waals surface area contributed by atoms with Crippen molar-refractivity contribution in [2.45, 2.75) is 20.5 Å². The summed E-state index contributed by atoms with van der Waals surface area (Å²) in [7, 11) is 0. The highest BCUT2D eigenvalue weighted by atomic mass is 16.5. The number of carbonyl (C=O) groups excluding carboxylic acids is 1. The van der Waals surface area contributed by atoms with Crippen molar-refractivity contribution in [3.63, 3.8) is 0 Å². The van der Waals surface area contributed by atoms with Gasteiger partial charge in [-0.05, 0) is 25.5 Å². The van der Waals surface area contributed by atoms with E-state index in [0.29, 0.717) is 5.69 Å². The highest BCUT2D eigenvalue weighted by Gasteiger charge is 2.12. The summed E-state index contributed by atoms with van der Waals surface area (Å²) in [5.74, 6) is -0.0999. The minimum Gasteiger partial charge on any atom is -0.453 e. The first kappa shape index (κ1) is 17.2. The van der Waals surface area contributed by atoms with Gasteiger partial charge in [0.25, 0.3) is 0 Å². The number of hydrogen-bond acceptors (Lipinski definition) is 9. The topological polar surface area (TPSA) is 129 Å².